The topological polar surface area (TPSA) is 101 Å². The van der Waals surface area contributed by atoms with Gasteiger partial charge in [-0.1, -0.05) is 13.3 Å². The van der Waals surface area contributed by atoms with Crippen LogP contribution in [-0.4, -0.2) is 28.7 Å². The van der Waals surface area contributed by atoms with Gasteiger partial charge in [0.15, 0.2) is 0 Å². The number of carbonyl (C=O) groups is 2. The lowest BCUT2D eigenvalue weighted by molar-refractivity contribution is -0.134. The lowest BCUT2D eigenvalue weighted by Gasteiger charge is -1.80. The average Bonchev–Trinajstić information content (AvgIpc) is 2.03. The Labute approximate surface area is 76.9 Å². The van der Waals surface area contributed by atoms with E-state index in [1.165, 1.54) is 12.8 Å². The summed E-state index contributed by atoms with van der Waals surface area (Å²) in [6, 6.07) is 0. The van der Waals surface area contributed by atoms with Gasteiger partial charge in [-0.15, -0.1) is 0 Å². The van der Waals surface area contributed by atoms with Gasteiger partial charge in [-0.05, 0) is 13.0 Å². The van der Waals surface area contributed by atoms with E-state index in [-0.39, 0.29) is 0 Å². The van der Waals surface area contributed by atoms with Gasteiger partial charge in [0.2, 0.25) is 0 Å². The van der Waals surface area contributed by atoms with E-state index in [4.69, 9.17) is 15.9 Å². The molecule has 0 fully saturated rings. The highest BCUT2D eigenvalue weighted by atomic mass is 16.4. The van der Waals surface area contributed by atoms with Crippen molar-refractivity contribution in [1.29, 1.82) is 0 Å². The van der Waals surface area contributed by atoms with Crippen LogP contribution >= 0.6 is 0 Å². The molecule has 5 heteroatoms. The molecule has 0 aromatic rings. The van der Waals surface area contributed by atoms with Crippen LogP contribution in [0.15, 0.2) is 12.2 Å². The summed E-state index contributed by atoms with van der Waals surface area (Å²) in [6.07, 6.45) is 3.50. The van der Waals surface area contributed by atoms with Crippen LogP contribution in [0.5, 0.6) is 0 Å². The number of unbranched alkanes of at least 4 members (excludes halogenated alkanes) is 1. The Balaban J connectivity index is 0. The van der Waals surface area contributed by atoms with Crippen LogP contribution in [-0.2, 0) is 9.59 Å². The van der Waals surface area contributed by atoms with Crippen molar-refractivity contribution in [1.82, 2.24) is 0 Å². The van der Waals surface area contributed by atoms with Crippen LogP contribution in [0.2, 0.25) is 0 Å². The molecule has 0 saturated carbocycles. The molecular formula is C8H15NO4. The predicted octanol–water partition coefficient (Wildman–Crippen LogP) is 0.457. The number of hydrogen-bond donors (Lipinski definition) is 3. The van der Waals surface area contributed by atoms with Gasteiger partial charge in [0.25, 0.3) is 0 Å². The summed E-state index contributed by atoms with van der Waals surface area (Å²) in [5.41, 5.74) is 5.14. The SMILES string of the molecule is CCCCN.O=C(O)C=CC(=O)O. The molecule has 4 N–H and O–H groups in total. The van der Waals surface area contributed by atoms with Gasteiger partial charge in [0.05, 0.1) is 0 Å². The number of carboxylic acid groups (broad SMARTS) is 2. The van der Waals surface area contributed by atoms with E-state index in [0.717, 1.165) is 6.54 Å². The molecular weight excluding hydrogens is 174 g/mol. The van der Waals surface area contributed by atoms with Crippen LogP contribution in [0.3, 0.4) is 0 Å². The molecule has 0 saturated heterocycles. The molecule has 0 rings (SSSR count). The first-order chi connectivity index (χ1) is 6.04. The normalized spacial score (nSPS) is 9.08. The summed E-state index contributed by atoms with van der Waals surface area (Å²) in [7, 11) is 0. The van der Waals surface area contributed by atoms with Crippen molar-refractivity contribution in [3.8, 4) is 0 Å². The van der Waals surface area contributed by atoms with E-state index in [1.54, 1.807) is 0 Å². The van der Waals surface area contributed by atoms with Gasteiger partial charge in [-0.25, -0.2) is 9.59 Å². The van der Waals surface area contributed by atoms with Gasteiger partial charge in [0, 0.05) is 12.2 Å². The molecule has 0 heterocycles. The van der Waals surface area contributed by atoms with Gasteiger partial charge >= 0.3 is 11.9 Å². The number of nitrogens with two attached hydrogens (primary N) is 1. The lowest BCUT2D eigenvalue weighted by atomic mass is 10.3. The molecule has 0 aromatic carbocycles. The first kappa shape index (κ1) is 14.2. The van der Waals surface area contributed by atoms with Gasteiger partial charge in [-0.3, -0.25) is 0 Å². The van der Waals surface area contributed by atoms with Crippen molar-refractivity contribution in [2.75, 3.05) is 6.54 Å². The summed E-state index contributed by atoms with van der Waals surface area (Å²) in [5, 5.41) is 15.6. The molecule has 0 bridgehead atoms. The second kappa shape index (κ2) is 10.6. The van der Waals surface area contributed by atoms with Crippen molar-refractivity contribution < 1.29 is 19.8 Å². The Kier molecular flexibility index (Phi) is 11.6. The fourth-order valence-electron chi connectivity index (χ4n) is 0.347. The molecule has 13 heavy (non-hydrogen) atoms. The predicted molar refractivity (Wildman–Crippen MR) is 48.4 cm³/mol. The third-order valence-corrected chi connectivity index (χ3v) is 0.926. The minimum Gasteiger partial charge on any atom is -0.478 e. The highest BCUT2D eigenvalue weighted by Gasteiger charge is 1.88. The van der Waals surface area contributed by atoms with E-state index >= 15 is 0 Å². The van der Waals surface area contributed by atoms with Crippen LogP contribution in [0.4, 0.5) is 0 Å². The maximum atomic E-state index is 9.55. The van der Waals surface area contributed by atoms with E-state index in [9.17, 15) is 9.59 Å². The number of aliphatic carboxylic acids is 2. The molecule has 0 radical (unpaired) electrons. The minimum absolute atomic E-state index is 0.558. The number of hydrogen-bond acceptors (Lipinski definition) is 3. The first-order valence-electron chi connectivity index (χ1n) is 3.88. The fourth-order valence-corrected chi connectivity index (χ4v) is 0.347. The molecule has 0 unspecified atom stereocenters. The third-order valence-electron chi connectivity index (χ3n) is 0.926. The van der Waals surface area contributed by atoms with Gasteiger partial charge in [-0.2, -0.15) is 0 Å². The zero-order valence-corrected chi connectivity index (χ0v) is 7.56. The third kappa shape index (κ3) is 25.0. The summed E-state index contributed by atoms with van der Waals surface area (Å²) in [5.74, 6) is -2.51. The summed E-state index contributed by atoms with van der Waals surface area (Å²) < 4.78 is 0. The molecule has 0 aliphatic heterocycles. The zero-order valence-electron chi connectivity index (χ0n) is 7.56. The summed E-state index contributed by atoms with van der Waals surface area (Å²) >= 11 is 0. The van der Waals surface area contributed by atoms with E-state index in [0.29, 0.717) is 12.2 Å². The second-order valence-corrected chi connectivity index (χ2v) is 2.15. The fraction of sp³-hybridized carbons (Fsp3) is 0.500. The van der Waals surface area contributed by atoms with Crippen molar-refractivity contribution in [2.45, 2.75) is 19.8 Å². The Morgan fingerprint density at radius 3 is 1.69 bits per heavy atom. The first-order valence-corrected chi connectivity index (χ1v) is 3.88. The monoisotopic (exact) mass is 189 g/mol. The highest BCUT2D eigenvalue weighted by Crippen LogP contribution is 1.77. The van der Waals surface area contributed by atoms with Crippen molar-refractivity contribution in [3.05, 3.63) is 12.2 Å². The Morgan fingerprint density at radius 1 is 1.23 bits per heavy atom. The molecule has 0 amide bonds. The molecule has 0 aliphatic carbocycles. The summed E-state index contributed by atoms with van der Waals surface area (Å²) in [6.45, 7) is 2.98. The molecule has 76 valence electrons. The Bertz CT molecular complexity index is 159. The van der Waals surface area contributed by atoms with E-state index in [2.05, 4.69) is 6.92 Å². The maximum absolute atomic E-state index is 9.55. The highest BCUT2D eigenvalue weighted by molar-refractivity contribution is 5.89. The average molecular weight is 189 g/mol. The number of rotatable bonds is 4. The van der Waals surface area contributed by atoms with Crippen molar-refractivity contribution >= 4 is 11.9 Å². The van der Waals surface area contributed by atoms with Crippen LogP contribution in [0.25, 0.3) is 0 Å². The quantitative estimate of drug-likeness (QED) is 0.557. The zero-order chi connectivity index (χ0) is 10.7. The van der Waals surface area contributed by atoms with Crippen LogP contribution < -0.4 is 5.73 Å². The standard InChI is InChI=1S/C4H11N.C4H4O4/c1-2-3-4-5;5-3(6)1-2-4(7)8/h2-5H2,1H3;1-2H,(H,5,6)(H,7,8). The van der Waals surface area contributed by atoms with Crippen molar-refractivity contribution in [3.63, 3.8) is 0 Å². The van der Waals surface area contributed by atoms with Gasteiger partial charge in [0.1, 0.15) is 0 Å². The van der Waals surface area contributed by atoms with Crippen molar-refractivity contribution in [2.24, 2.45) is 5.73 Å². The molecule has 5 nitrogen and oxygen atoms in total. The van der Waals surface area contributed by atoms with E-state index < -0.39 is 11.9 Å². The Hall–Kier alpha value is -1.36. The lowest BCUT2D eigenvalue weighted by Crippen LogP contribution is -1.95. The largest absolute Gasteiger partial charge is 0.478 e. The molecule has 0 aliphatic rings. The van der Waals surface area contributed by atoms with Crippen LogP contribution in [0, 0.1) is 0 Å². The van der Waals surface area contributed by atoms with E-state index in [1.807, 2.05) is 0 Å². The Morgan fingerprint density at radius 2 is 1.62 bits per heavy atom. The smallest absolute Gasteiger partial charge is 0.328 e. The molecule has 0 spiro atoms. The maximum Gasteiger partial charge on any atom is 0.328 e. The number of carboxylic acids is 2. The van der Waals surface area contributed by atoms with Crippen LogP contribution in [0.1, 0.15) is 19.8 Å². The molecule has 0 aromatic heterocycles. The summed E-state index contributed by atoms with van der Waals surface area (Å²) in [4.78, 5) is 19.1. The molecule has 0 atom stereocenters. The van der Waals surface area contributed by atoms with Gasteiger partial charge < -0.3 is 15.9 Å². The minimum atomic E-state index is -1.26. The second-order valence-electron chi connectivity index (χ2n) is 2.15.